The van der Waals surface area contributed by atoms with Crippen LogP contribution < -0.4 is 5.73 Å². The molecule has 0 aliphatic heterocycles. The smallest absolute Gasteiger partial charge is 0.364 e. The Morgan fingerprint density at radius 1 is 0.955 bits per heavy atom. The molecule has 0 atom stereocenters. The predicted molar refractivity (Wildman–Crippen MR) is 64.7 cm³/mol. The molecule has 1 heterocycles. The summed E-state index contributed by atoms with van der Waals surface area (Å²) in [6.07, 6.45) is -8.84. The van der Waals surface area contributed by atoms with E-state index in [1.165, 1.54) is 0 Å². The number of alkyl halides is 6. The average Bonchev–Trinajstić information content (AvgIpc) is 2.82. The third-order valence-corrected chi connectivity index (χ3v) is 2.92. The highest BCUT2D eigenvalue weighted by molar-refractivity contribution is 5.98. The molecular weight excluding hydrogens is 314 g/mol. The fourth-order valence-electron chi connectivity index (χ4n) is 1.97. The van der Waals surface area contributed by atoms with E-state index >= 15 is 0 Å². The largest absolute Gasteiger partial charge is 0.489 e. The number of benzene rings is 1. The summed E-state index contributed by atoms with van der Waals surface area (Å²) < 4.78 is 75.4. The molecule has 0 spiro atoms. The second-order valence-electron chi connectivity index (χ2n) is 4.36. The van der Waals surface area contributed by atoms with Crippen LogP contribution >= 0.6 is 0 Å². The molecule has 2 rings (SSSR count). The Morgan fingerprint density at radius 2 is 1.50 bits per heavy atom. The van der Waals surface area contributed by atoms with Crippen LogP contribution in [0.1, 0.15) is 16.1 Å². The number of aromatic nitrogens is 1. The Kier molecular flexibility index (Phi) is 3.68. The van der Waals surface area contributed by atoms with Gasteiger partial charge in [-0.15, -0.1) is 13.2 Å². The van der Waals surface area contributed by atoms with Crippen LogP contribution in [0.15, 0.2) is 36.5 Å². The van der Waals surface area contributed by atoms with Gasteiger partial charge in [0.1, 0.15) is 5.69 Å². The van der Waals surface area contributed by atoms with Crippen LogP contribution in [-0.2, 0) is 12.5 Å². The number of nitrogens with zero attached hydrogens (tertiary/aromatic N) is 1. The summed E-state index contributed by atoms with van der Waals surface area (Å²) in [5.41, 5.74) is 2.98. The van der Waals surface area contributed by atoms with Gasteiger partial charge in [-0.2, -0.15) is 13.2 Å². The number of nitrogens with two attached hydrogens (primary N) is 1. The summed E-state index contributed by atoms with van der Waals surface area (Å²) in [7, 11) is 0. The van der Waals surface area contributed by atoms with Gasteiger partial charge in [0.15, 0.2) is 0 Å². The van der Waals surface area contributed by atoms with Gasteiger partial charge >= 0.3 is 12.5 Å². The molecule has 0 saturated carbocycles. The summed E-state index contributed by atoms with van der Waals surface area (Å²) in [6, 6.07) is 4.35. The minimum atomic E-state index is -4.87. The van der Waals surface area contributed by atoms with Gasteiger partial charge in [-0.05, 0) is 23.8 Å². The minimum absolute atomic E-state index is 0.0183. The quantitative estimate of drug-likeness (QED) is 0.841. The second kappa shape index (κ2) is 5.08. The number of carbonyl (C=O) groups is 1. The molecule has 0 saturated heterocycles. The van der Waals surface area contributed by atoms with Gasteiger partial charge in [-0.1, -0.05) is 12.1 Å². The van der Waals surface area contributed by atoms with Crippen molar-refractivity contribution < 1.29 is 31.1 Å². The van der Waals surface area contributed by atoms with Crippen LogP contribution in [-0.4, -0.2) is 10.5 Å². The summed E-state index contributed by atoms with van der Waals surface area (Å²) in [5, 5.41) is 0. The molecule has 0 bridgehead atoms. The predicted octanol–water partition coefficient (Wildman–Crippen LogP) is 3.75. The van der Waals surface area contributed by atoms with Crippen molar-refractivity contribution in [3.63, 3.8) is 0 Å². The molecule has 0 fully saturated rings. The van der Waals surface area contributed by atoms with E-state index in [1.54, 1.807) is 0 Å². The van der Waals surface area contributed by atoms with Crippen molar-refractivity contribution in [2.45, 2.75) is 12.5 Å². The molecule has 3 nitrogen and oxygen atoms in total. The Labute approximate surface area is 119 Å². The highest BCUT2D eigenvalue weighted by atomic mass is 19.4. The lowest BCUT2D eigenvalue weighted by atomic mass is 10.0. The molecule has 9 heteroatoms. The molecule has 2 N–H and O–H groups in total. The van der Waals surface area contributed by atoms with Crippen molar-refractivity contribution in [1.29, 1.82) is 0 Å². The Balaban J connectivity index is 2.54. The van der Waals surface area contributed by atoms with Crippen molar-refractivity contribution >= 4 is 5.91 Å². The Hall–Kier alpha value is -2.45. The van der Waals surface area contributed by atoms with E-state index in [1.807, 2.05) is 0 Å². The lowest BCUT2D eigenvalue weighted by Crippen LogP contribution is -2.25. The summed E-state index contributed by atoms with van der Waals surface area (Å²) in [6.45, 7) is 0. The highest BCUT2D eigenvalue weighted by Gasteiger charge is 2.35. The third-order valence-electron chi connectivity index (χ3n) is 2.92. The summed E-state index contributed by atoms with van der Waals surface area (Å²) in [4.78, 5) is 11.3. The molecule has 0 aliphatic carbocycles. The van der Waals surface area contributed by atoms with E-state index in [0.29, 0.717) is 18.3 Å². The van der Waals surface area contributed by atoms with E-state index < -0.39 is 29.6 Å². The number of primary amides is 1. The van der Waals surface area contributed by atoms with Gasteiger partial charge in [-0.3, -0.25) is 9.36 Å². The molecule has 2 aromatic rings. The van der Waals surface area contributed by atoms with Crippen molar-refractivity contribution in [3.05, 3.63) is 47.8 Å². The number of carbonyl (C=O) groups excluding carboxylic acids is 1. The van der Waals surface area contributed by atoms with Gasteiger partial charge < -0.3 is 5.73 Å². The molecule has 0 aliphatic rings. The fraction of sp³-hybridized carbons (Fsp3) is 0.154. The van der Waals surface area contributed by atoms with E-state index in [4.69, 9.17) is 5.73 Å². The van der Waals surface area contributed by atoms with Gasteiger partial charge in [0.2, 0.25) is 0 Å². The topological polar surface area (TPSA) is 48.0 Å². The van der Waals surface area contributed by atoms with Crippen molar-refractivity contribution in [2.24, 2.45) is 5.73 Å². The standard InChI is InChI=1S/C13H8F6N2O/c14-12(15,16)8-3-1-7(2-4-8)9-5-6-21(13(17,18)19)10(9)11(20)22/h1-6H,(H2,20,22). The maximum absolute atomic E-state index is 12.8. The fourth-order valence-corrected chi connectivity index (χ4v) is 1.97. The minimum Gasteiger partial charge on any atom is -0.364 e. The van der Waals surface area contributed by atoms with Crippen LogP contribution in [0.2, 0.25) is 0 Å². The average molecular weight is 322 g/mol. The molecule has 0 radical (unpaired) electrons. The number of hydrogen-bond donors (Lipinski definition) is 1. The van der Waals surface area contributed by atoms with Crippen molar-refractivity contribution in [2.75, 3.05) is 0 Å². The Morgan fingerprint density at radius 3 is 1.91 bits per heavy atom. The highest BCUT2D eigenvalue weighted by Crippen LogP contribution is 2.34. The third kappa shape index (κ3) is 2.92. The molecule has 1 aromatic heterocycles. The zero-order valence-corrected chi connectivity index (χ0v) is 10.7. The SMILES string of the molecule is NC(=O)c1c(-c2ccc(C(F)(F)F)cc2)ccn1C(F)(F)F. The maximum atomic E-state index is 12.8. The van der Waals surface area contributed by atoms with Crippen molar-refractivity contribution in [1.82, 2.24) is 4.57 Å². The number of halogens is 6. The number of rotatable bonds is 2. The van der Waals surface area contributed by atoms with Crippen LogP contribution in [0.3, 0.4) is 0 Å². The van der Waals surface area contributed by atoms with Crippen LogP contribution in [0.25, 0.3) is 11.1 Å². The zero-order valence-electron chi connectivity index (χ0n) is 10.7. The van der Waals surface area contributed by atoms with Crippen LogP contribution in [0.5, 0.6) is 0 Å². The van der Waals surface area contributed by atoms with E-state index in [0.717, 1.165) is 18.2 Å². The number of hydrogen-bond acceptors (Lipinski definition) is 1. The zero-order chi connectivity index (χ0) is 16.7. The van der Waals surface area contributed by atoms with Gasteiger partial charge in [0.05, 0.1) is 5.56 Å². The van der Waals surface area contributed by atoms with Gasteiger partial charge in [0, 0.05) is 11.8 Å². The lowest BCUT2D eigenvalue weighted by molar-refractivity contribution is -0.204. The van der Waals surface area contributed by atoms with Gasteiger partial charge in [-0.25, -0.2) is 0 Å². The maximum Gasteiger partial charge on any atom is 0.489 e. The van der Waals surface area contributed by atoms with E-state index in [-0.39, 0.29) is 15.7 Å². The monoisotopic (exact) mass is 322 g/mol. The molecule has 1 amide bonds. The molecule has 1 aromatic carbocycles. The number of amides is 1. The van der Waals surface area contributed by atoms with Crippen LogP contribution in [0.4, 0.5) is 26.3 Å². The Bertz CT molecular complexity index is 697. The molecule has 118 valence electrons. The molecule has 22 heavy (non-hydrogen) atoms. The lowest BCUT2D eigenvalue weighted by Gasteiger charge is -2.12. The summed E-state index contributed by atoms with van der Waals surface area (Å²) >= 11 is 0. The van der Waals surface area contributed by atoms with E-state index in [2.05, 4.69) is 0 Å². The first-order valence-electron chi connectivity index (χ1n) is 5.78. The first kappa shape index (κ1) is 15.9. The first-order valence-corrected chi connectivity index (χ1v) is 5.78. The van der Waals surface area contributed by atoms with Crippen molar-refractivity contribution in [3.8, 4) is 11.1 Å². The van der Waals surface area contributed by atoms with E-state index in [9.17, 15) is 31.1 Å². The first-order chi connectivity index (χ1) is 10.0. The molecular formula is C13H8F6N2O. The van der Waals surface area contributed by atoms with Crippen LogP contribution in [0, 0.1) is 0 Å². The summed E-state index contributed by atoms with van der Waals surface area (Å²) in [5.74, 6) is -1.34. The normalized spacial score (nSPS) is 12.5. The molecule has 0 unspecified atom stereocenters. The van der Waals surface area contributed by atoms with Gasteiger partial charge in [0.25, 0.3) is 5.91 Å². The second-order valence-corrected chi connectivity index (χ2v) is 4.36.